The molecule has 0 atom stereocenters. The molecule has 20 heavy (non-hydrogen) atoms. The highest BCUT2D eigenvalue weighted by Crippen LogP contribution is 2.13. The molecule has 0 amide bonds. The maximum absolute atomic E-state index is 5.14. The topological polar surface area (TPSA) is 21.3 Å². The maximum Gasteiger partial charge on any atom is 0.0587 e. The van der Waals surface area contributed by atoms with Crippen LogP contribution in [0.3, 0.4) is 0 Å². The van der Waals surface area contributed by atoms with Crippen LogP contribution in [0.15, 0.2) is 0 Å². The van der Waals surface area contributed by atoms with Gasteiger partial charge in [0.1, 0.15) is 0 Å². The Kier molecular flexibility index (Phi) is 16.9. The Bertz CT molecular complexity index is 159. The number of hydrogen-bond donors (Lipinski definition) is 1. The van der Waals surface area contributed by atoms with Crippen molar-refractivity contribution in [2.45, 2.75) is 96.9 Å². The molecule has 0 saturated heterocycles. The molecule has 0 aliphatic heterocycles. The Labute approximate surface area is 128 Å². The second-order valence-electron chi connectivity index (χ2n) is 6.05. The Balaban J connectivity index is 3.64. The van der Waals surface area contributed by atoms with Crippen LogP contribution < -0.4 is 5.32 Å². The average molecular weight is 286 g/mol. The number of rotatable bonds is 16. The van der Waals surface area contributed by atoms with Gasteiger partial charge in [0.25, 0.3) is 0 Å². The monoisotopic (exact) mass is 285 g/mol. The van der Waals surface area contributed by atoms with Crippen LogP contribution in [-0.2, 0) is 4.74 Å². The van der Waals surface area contributed by atoms with Crippen molar-refractivity contribution >= 4 is 0 Å². The second kappa shape index (κ2) is 17.0. The molecule has 1 N–H and O–H groups in total. The van der Waals surface area contributed by atoms with E-state index in [1.54, 1.807) is 7.11 Å². The van der Waals surface area contributed by atoms with Gasteiger partial charge < -0.3 is 10.1 Å². The van der Waals surface area contributed by atoms with E-state index in [2.05, 4.69) is 19.2 Å². The molecule has 0 rings (SSSR count). The predicted molar refractivity (Wildman–Crippen MR) is 90.4 cm³/mol. The Morgan fingerprint density at radius 1 is 0.750 bits per heavy atom. The number of hydrogen-bond acceptors (Lipinski definition) is 2. The SMILES string of the molecule is CCCCCCCC(CCCCCCC)NCCOC. The molecular formula is C18H39NO. The first-order valence-corrected chi connectivity index (χ1v) is 9.07. The summed E-state index contributed by atoms with van der Waals surface area (Å²) >= 11 is 0. The first-order chi connectivity index (χ1) is 9.85. The van der Waals surface area contributed by atoms with Crippen molar-refractivity contribution in [3.8, 4) is 0 Å². The summed E-state index contributed by atoms with van der Waals surface area (Å²) in [4.78, 5) is 0. The van der Waals surface area contributed by atoms with Gasteiger partial charge in [0.15, 0.2) is 0 Å². The first-order valence-electron chi connectivity index (χ1n) is 9.07. The zero-order valence-corrected chi connectivity index (χ0v) is 14.4. The lowest BCUT2D eigenvalue weighted by Gasteiger charge is -2.18. The normalized spacial score (nSPS) is 11.4. The van der Waals surface area contributed by atoms with Crippen molar-refractivity contribution in [2.75, 3.05) is 20.3 Å². The Hall–Kier alpha value is -0.0800. The van der Waals surface area contributed by atoms with E-state index >= 15 is 0 Å². The van der Waals surface area contributed by atoms with E-state index in [9.17, 15) is 0 Å². The van der Waals surface area contributed by atoms with Gasteiger partial charge in [-0.2, -0.15) is 0 Å². The maximum atomic E-state index is 5.14. The third kappa shape index (κ3) is 14.3. The van der Waals surface area contributed by atoms with E-state index in [0.29, 0.717) is 6.04 Å². The van der Waals surface area contributed by atoms with Crippen LogP contribution in [-0.4, -0.2) is 26.3 Å². The number of ether oxygens (including phenoxy) is 1. The van der Waals surface area contributed by atoms with Crippen molar-refractivity contribution in [1.82, 2.24) is 5.32 Å². The van der Waals surface area contributed by atoms with E-state index < -0.39 is 0 Å². The minimum absolute atomic E-state index is 0.716. The summed E-state index contributed by atoms with van der Waals surface area (Å²) in [5, 5.41) is 3.68. The summed E-state index contributed by atoms with van der Waals surface area (Å²) in [5.74, 6) is 0. The number of nitrogens with one attached hydrogen (secondary N) is 1. The fourth-order valence-corrected chi connectivity index (χ4v) is 2.70. The molecule has 0 radical (unpaired) electrons. The molecule has 0 aliphatic rings. The summed E-state index contributed by atoms with van der Waals surface area (Å²) in [6, 6.07) is 0.716. The van der Waals surface area contributed by atoms with Crippen LogP contribution in [0, 0.1) is 0 Å². The highest BCUT2D eigenvalue weighted by atomic mass is 16.5. The van der Waals surface area contributed by atoms with E-state index in [0.717, 1.165) is 13.2 Å². The van der Waals surface area contributed by atoms with Crippen LogP contribution in [0.4, 0.5) is 0 Å². The average Bonchev–Trinajstić information content (AvgIpc) is 2.46. The summed E-state index contributed by atoms with van der Waals surface area (Å²) < 4.78 is 5.14. The molecule has 0 spiro atoms. The van der Waals surface area contributed by atoms with Crippen LogP contribution in [0.2, 0.25) is 0 Å². The van der Waals surface area contributed by atoms with E-state index in [1.807, 2.05) is 0 Å². The highest BCUT2D eigenvalue weighted by Gasteiger charge is 2.07. The minimum atomic E-state index is 0.716. The standard InChI is InChI=1S/C18H39NO/c1-4-6-8-10-12-14-18(19-16-17-20-3)15-13-11-9-7-5-2/h18-19H,4-17H2,1-3H3. The molecule has 122 valence electrons. The molecule has 0 bridgehead atoms. The quantitative estimate of drug-likeness (QED) is 0.388. The van der Waals surface area contributed by atoms with Gasteiger partial charge in [0.05, 0.1) is 6.61 Å². The van der Waals surface area contributed by atoms with Gasteiger partial charge in [-0.15, -0.1) is 0 Å². The van der Waals surface area contributed by atoms with Gasteiger partial charge in [-0.1, -0.05) is 78.1 Å². The van der Waals surface area contributed by atoms with Gasteiger partial charge in [-0.25, -0.2) is 0 Å². The highest BCUT2D eigenvalue weighted by molar-refractivity contribution is 4.67. The summed E-state index contributed by atoms with van der Waals surface area (Å²) in [6.45, 7) is 6.41. The third-order valence-electron chi connectivity index (χ3n) is 4.05. The molecule has 0 aromatic heterocycles. The summed E-state index contributed by atoms with van der Waals surface area (Å²) in [5.41, 5.74) is 0. The van der Waals surface area contributed by atoms with Crippen LogP contribution >= 0.6 is 0 Å². The van der Waals surface area contributed by atoms with Crippen LogP contribution in [0.1, 0.15) is 90.9 Å². The van der Waals surface area contributed by atoms with Gasteiger partial charge in [0, 0.05) is 19.7 Å². The fraction of sp³-hybridized carbons (Fsp3) is 1.00. The lowest BCUT2D eigenvalue weighted by atomic mass is 10.0. The van der Waals surface area contributed by atoms with Gasteiger partial charge in [0.2, 0.25) is 0 Å². The fourth-order valence-electron chi connectivity index (χ4n) is 2.70. The molecule has 0 aliphatic carbocycles. The summed E-state index contributed by atoms with van der Waals surface area (Å²) in [6.07, 6.45) is 16.6. The van der Waals surface area contributed by atoms with Crippen molar-refractivity contribution in [3.05, 3.63) is 0 Å². The molecule has 0 fully saturated rings. The zero-order valence-electron chi connectivity index (χ0n) is 14.4. The van der Waals surface area contributed by atoms with Crippen molar-refractivity contribution < 1.29 is 4.74 Å². The molecule has 0 aromatic carbocycles. The number of unbranched alkanes of at least 4 members (excludes halogenated alkanes) is 8. The lowest BCUT2D eigenvalue weighted by molar-refractivity contribution is 0.193. The molecule has 0 heterocycles. The zero-order chi connectivity index (χ0) is 14.9. The largest absolute Gasteiger partial charge is 0.383 e. The number of methoxy groups -OCH3 is 1. The van der Waals surface area contributed by atoms with Gasteiger partial charge in [-0.3, -0.25) is 0 Å². The van der Waals surface area contributed by atoms with Crippen molar-refractivity contribution in [1.29, 1.82) is 0 Å². The van der Waals surface area contributed by atoms with Crippen molar-refractivity contribution in [3.63, 3.8) is 0 Å². The second-order valence-corrected chi connectivity index (χ2v) is 6.05. The van der Waals surface area contributed by atoms with Gasteiger partial charge in [-0.05, 0) is 12.8 Å². The molecular weight excluding hydrogens is 246 g/mol. The van der Waals surface area contributed by atoms with Crippen LogP contribution in [0.5, 0.6) is 0 Å². The third-order valence-corrected chi connectivity index (χ3v) is 4.05. The smallest absolute Gasteiger partial charge is 0.0587 e. The molecule has 0 aromatic rings. The minimum Gasteiger partial charge on any atom is -0.383 e. The van der Waals surface area contributed by atoms with E-state index in [4.69, 9.17) is 4.74 Å². The molecule has 0 unspecified atom stereocenters. The molecule has 2 nitrogen and oxygen atoms in total. The predicted octanol–water partition coefficient (Wildman–Crippen LogP) is 5.31. The Morgan fingerprint density at radius 2 is 1.25 bits per heavy atom. The Morgan fingerprint density at radius 3 is 1.70 bits per heavy atom. The van der Waals surface area contributed by atoms with E-state index in [1.165, 1.54) is 77.0 Å². The van der Waals surface area contributed by atoms with Gasteiger partial charge >= 0.3 is 0 Å². The van der Waals surface area contributed by atoms with E-state index in [-0.39, 0.29) is 0 Å². The molecule has 2 heteroatoms. The summed E-state index contributed by atoms with van der Waals surface area (Å²) in [7, 11) is 1.78. The first kappa shape index (κ1) is 19.9. The molecule has 0 saturated carbocycles. The lowest BCUT2D eigenvalue weighted by Crippen LogP contribution is -2.31. The van der Waals surface area contributed by atoms with Crippen molar-refractivity contribution in [2.24, 2.45) is 0 Å². The van der Waals surface area contributed by atoms with Crippen LogP contribution in [0.25, 0.3) is 0 Å².